The number of oxime groups is 1. The molecule has 4 N–H and O–H groups in total. The summed E-state index contributed by atoms with van der Waals surface area (Å²) in [5, 5.41) is 27.8. The van der Waals surface area contributed by atoms with Crippen LogP contribution in [0.3, 0.4) is 0 Å². The van der Waals surface area contributed by atoms with Crippen molar-refractivity contribution < 1.29 is 27.9 Å². The second kappa shape index (κ2) is 8.81. The van der Waals surface area contributed by atoms with Crippen LogP contribution in [0.1, 0.15) is 31.2 Å². The van der Waals surface area contributed by atoms with Gasteiger partial charge < -0.3 is 20.9 Å². The second-order valence-corrected chi connectivity index (χ2v) is 10.2. The molecule has 9 nitrogen and oxygen atoms in total. The molecule has 2 aromatic carbocycles. The van der Waals surface area contributed by atoms with Crippen molar-refractivity contribution in [3.8, 4) is 5.75 Å². The first-order chi connectivity index (χ1) is 15.6. The van der Waals surface area contributed by atoms with Crippen molar-refractivity contribution in [3.05, 3.63) is 46.7 Å². The molecule has 2 fully saturated rings. The van der Waals surface area contributed by atoms with Gasteiger partial charge in [0.15, 0.2) is 5.75 Å². The number of halogens is 2. The van der Waals surface area contributed by atoms with Gasteiger partial charge in [0, 0.05) is 36.2 Å². The van der Waals surface area contributed by atoms with Crippen molar-refractivity contribution in [1.29, 1.82) is 0 Å². The second-order valence-electron chi connectivity index (χ2n) is 8.06. The van der Waals surface area contributed by atoms with E-state index in [4.69, 9.17) is 16.8 Å². The zero-order chi connectivity index (χ0) is 23.9. The molecule has 2 amide bonds. The molecule has 0 spiro atoms. The van der Waals surface area contributed by atoms with Crippen molar-refractivity contribution in [1.82, 2.24) is 4.31 Å². The SMILES string of the molecule is Cc1c(F)cccc1NC(=O)Nc1ccc(Cl)c(S(=O)(=O)N2[C@H]3CC[C@H]2CC(=NO)C3)c1O. The molecule has 2 atom stereocenters. The number of piperidine rings is 1. The summed E-state index contributed by atoms with van der Waals surface area (Å²) in [6.07, 6.45) is 1.76. The summed E-state index contributed by atoms with van der Waals surface area (Å²) < 4.78 is 42.0. The van der Waals surface area contributed by atoms with Crippen LogP contribution in [0.2, 0.25) is 5.02 Å². The number of sulfonamides is 1. The van der Waals surface area contributed by atoms with E-state index in [1.54, 1.807) is 0 Å². The van der Waals surface area contributed by atoms with Gasteiger partial charge in [-0.15, -0.1) is 0 Å². The Labute approximate surface area is 194 Å². The molecule has 0 saturated carbocycles. The van der Waals surface area contributed by atoms with Gasteiger partial charge in [-0.25, -0.2) is 17.6 Å². The highest BCUT2D eigenvalue weighted by Gasteiger charge is 2.48. The first-order valence-electron chi connectivity index (χ1n) is 10.2. The van der Waals surface area contributed by atoms with Gasteiger partial charge in [0.05, 0.1) is 16.4 Å². The van der Waals surface area contributed by atoms with E-state index < -0.39 is 44.6 Å². The number of aromatic hydroxyl groups is 1. The quantitative estimate of drug-likeness (QED) is 0.285. The van der Waals surface area contributed by atoms with Crippen LogP contribution >= 0.6 is 11.6 Å². The van der Waals surface area contributed by atoms with Crippen LogP contribution in [0.4, 0.5) is 20.6 Å². The Hall–Kier alpha value is -2.89. The maximum atomic E-state index is 13.7. The number of hydrogen-bond donors (Lipinski definition) is 4. The van der Waals surface area contributed by atoms with Gasteiger partial charge in [0.1, 0.15) is 10.7 Å². The van der Waals surface area contributed by atoms with Crippen LogP contribution in [-0.4, -0.2) is 46.9 Å². The number of carbonyl (C=O) groups excluding carboxylic acids is 1. The summed E-state index contributed by atoms with van der Waals surface area (Å²) >= 11 is 6.18. The van der Waals surface area contributed by atoms with Crippen LogP contribution in [0, 0.1) is 12.7 Å². The number of carbonyl (C=O) groups is 1. The summed E-state index contributed by atoms with van der Waals surface area (Å²) in [6.45, 7) is 1.50. The maximum Gasteiger partial charge on any atom is 0.323 e. The first-order valence-corrected chi connectivity index (χ1v) is 12.0. The molecule has 12 heteroatoms. The van der Waals surface area contributed by atoms with Gasteiger partial charge in [-0.3, -0.25) is 0 Å². The third-order valence-corrected chi connectivity index (χ3v) is 8.53. The lowest BCUT2D eigenvalue weighted by atomic mass is 10.0. The smallest absolute Gasteiger partial charge is 0.323 e. The fourth-order valence-electron chi connectivity index (χ4n) is 4.44. The number of fused-ring (bicyclic) bond motifs is 2. The molecular weight excluding hydrogens is 475 g/mol. The molecule has 2 heterocycles. The summed E-state index contributed by atoms with van der Waals surface area (Å²) in [5.74, 6) is -1.20. The molecule has 0 aliphatic carbocycles. The lowest BCUT2D eigenvalue weighted by Crippen LogP contribution is -2.46. The molecule has 0 radical (unpaired) electrons. The largest absolute Gasteiger partial charge is 0.504 e. The number of phenols is 1. The number of amides is 2. The minimum atomic E-state index is -4.23. The van der Waals surface area contributed by atoms with E-state index >= 15 is 0 Å². The van der Waals surface area contributed by atoms with Crippen LogP contribution in [-0.2, 0) is 10.0 Å². The third kappa shape index (κ3) is 4.23. The van der Waals surface area contributed by atoms with Crippen molar-refractivity contribution in [2.45, 2.75) is 49.6 Å². The Bertz CT molecular complexity index is 1240. The summed E-state index contributed by atoms with van der Waals surface area (Å²) in [5.41, 5.74) is 0.804. The van der Waals surface area contributed by atoms with E-state index in [1.165, 1.54) is 41.6 Å². The molecule has 2 aliphatic rings. The van der Waals surface area contributed by atoms with Crippen molar-refractivity contribution in [3.63, 3.8) is 0 Å². The van der Waals surface area contributed by atoms with E-state index in [0.29, 0.717) is 18.6 Å². The van der Waals surface area contributed by atoms with E-state index in [1.807, 2.05) is 0 Å². The van der Waals surface area contributed by atoms with E-state index in [9.17, 15) is 22.7 Å². The topological polar surface area (TPSA) is 131 Å². The molecular formula is C21H22ClFN4O5S. The minimum absolute atomic E-state index is 0.175. The summed E-state index contributed by atoms with van der Waals surface area (Å²) in [6, 6.07) is 5.11. The standard InChI is InChI=1S/C21H22ClFN4O5S/c1-11-16(23)3-2-4-17(11)24-21(29)25-18-8-7-15(22)20(19(18)28)33(31,32)27-13-5-6-14(27)10-12(9-13)26-30/h2-4,7-8,13-14,28,30H,5-6,9-10H2,1H3,(H2,24,25,29)/t13-,14-/m0/s1. The number of nitrogens with one attached hydrogen (secondary N) is 2. The average molecular weight is 497 g/mol. The van der Waals surface area contributed by atoms with Crippen LogP contribution < -0.4 is 10.6 Å². The average Bonchev–Trinajstić information content (AvgIpc) is 3.05. The van der Waals surface area contributed by atoms with Crippen molar-refractivity contribution in [2.24, 2.45) is 5.16 Å². The first kappa shape index (κ1) is 23.3. The Kier molecular flexibility index (Phi) is 6.21. The maximum absolute atomic E-state index is 13.7. The van der Waals surface area contributed by atoms with Gasteiger partial charge >= 0.3 is 6.03 Å². The highest BCUT2D eigenvalue weighted by atomic mass is 35.5. The molecule has 2 bridgehead atoms. The lowest BCUT2D eigenvalue weighted by molar-refractivity contribution is 0.262. The van der Waals surface area contributed by atoms with Crippen LogP contribution in [0.15, 0.2) is 40.4 Å². The fraction of sp³-hybridized carbons (Fsp3) is 0.333. The Morgan fingerprint density at radius 3 is 2.42 bits per heavy atom. The highest BCUT2D eigenvalue weighted by molar-refractivity contribution is 7.89. The van der Waals surface area contributed by atoms with Crippen LogP contribution in [0.25, 0.3) is 0 Å². The number of urea groups is 1. The molecule has 176 valence electrons. The molecule has 0 aromatic heterocycles. The zero-order valence-electron chi connectivity index (χ0n) is 17.5. The molecule has 2 aromatic rings. The zero-order valence-corrected chi connectivity index (χ0v) is 19.1. The molecule has 2 aliphatic heterocycles. The molecule has 33 heavy (non-hydrogen) atoms. The van der Waals surface area contributed by atoms with Crippen molar-refractivity contribution in [2.75, 3.05) is 10.6 Å². The van der Waals surface area contributed by atoms with Gasteiger partial charge in [0.2, 0.25) is 10.0 Å². The predicted molar refractivity (Wildman–Crippen MR) is 121 cm³/mol. The summed E-state index contributed by atoms with van der Waals surface area (Å²) in [7, 11) is -4.23. The Balaban J connectivity index is 1.62. The number of anilines is 2. The molecule has 4 rings (SSSR count). The van der Waals surface area contributed by atoms with E-state index in [0.717, 1.165) is 0 Å². The number of benzene rings is 2. The van der Waals surface area contributed by atoms with Gasteiger partial charge in [-0.1, -0.05) is 22.8 Å². The monoisotopic (exact) mass is 496 g/mol. The number of rotatable bonds is 4. The Morgan fingerprint density at radius 1 is 1.15 bits per heavy atom. The fourth-order valence-corrected chi connectivity index (χ4v) is 6.91. The molecule has 0 unspecified atom stereocenters. The van der Waals surface area contributed by atoms with Gasteiger partial charge in [-0.2, -0.15) is 4.31 Å². The highest BCUT2D eigenvalue weighted by Crippen LogP contribution is 2.44. The minimum Gasteiger partial charge on any atom is -0.504 e. The lowest BCUT2D eigenvalue weighted by Gasteiger charge is -2.34. The Morgan fingerprint density at radius 2 is 1.79 bits per heavy atom. The predicted octanol–water partition coefficient (Wildman–Crippen LogP) is 4.28. The normalized spacial score (nSPS) is 20.5. The van der Waals surface area contributed by atoms with E-state index in [-0.39, 0.29) is 34.8 Å². The summed E-state index contributed by atoms with van der Waals surface area (Å²) in [4.78, 5) is 11.9. The molecule has 2 saturated heterocycles. The van der Waals surface area contributed by atoms with Gasteiger partial charge in [0.25, 0.3) is 0 Å². The van der Waals surface area contributed by atoms with Gasteiger partial charge in [-0.05, 0) is 44.0 Å². The third-order valence-electron chi connectivity index (χ3n) is 6.02. The number of phenolic OH excluding ortho intramolecular Hbond substituents is 1. The van der Waals surface area contributed by atoms with E-state index in [2.05, 4.69) is 15.8 Å². The van der Waals surface area contributed by atoms with Crippen LogP contribution in [0.5, 0.6) is 5.75 Å². The number of hydrogen-bond acceptors (Lipinski definition) is 6. The van der Waals surface area contributed by atoms with Crippen molar-refractivity contribution >= 4 is 44.7 Å². The number of nitrogens with zero attached hydrogens (tertiary/aromatic N) is 2.